The molecule has 23 heavy (non-hydrogen) atoms. The van der Waals surface area contributed by atoms with E-state index in [-0.39, 0.29) is 6.61 Å². The normalized spacial score (nSPS) is 21.9. The van der Waals surface area contributed by atoms with Crippen molar-refractivity contribution in [2.75, 3.05) is 6.61 Å². The Morgan fingerprint density at radius 2 is 1.57 bits per heavy atom. The molecule has 0 amide bonds. The average molecular weight is 317 g/mol. The van der Waals surface area contributed by atoms with E-state index in [0.717, 1.165) is 4.90 Å². The van der Waals surface area contributed by atoms with Crippen molar-refractivity contribution in [1.29, 1.82) is 0 Å². The van der Waals surface area contributed by atoms with Gasteiger partial charge in [0.25, 0.3) is 6.55 Å². The summed E-state index contributed by atoms with van der Waals surface area (Å²) in [6.07, 6.45) is 0. The van der Waals surface area contributed by atoms with Gasteiger partial charge in [-0.15, -0.1) is 0 Å². The molecule has 2 unspecified atom stereocenters. The molecule has 3 nitrogen and oxygen atoms in total. The predicted molar refractivity (Wildman–Crippen MR) is 81.9 cm³/mol. The summed E-state index contributed by atoms with van der Waals surface area (Å²) in [4.78, 5) is 13.2. The van der Waals surface area contributed by atoms with Crippen LogP contribution in [0.4, 0.5) is 8.78 Å². The molecule has 0 aliphatic carbocycles. The van der Waals surface area contributed by atoms with Gasteiger partial charge < -0.3 is 4.74 Å². The fourth-order valence-electron chi connectivity index (χ4n) is 3.25. The summed E-state index contributed by atoms with van der Waals surface area (Å²) < 4.78 is 32.3. The molecule has 1 saturated heterocycles. The smallest absolute Gasteiger partial charge is 0.326 e. The van der Waals surface area contributed by atoms with E-state index in [1.54, 1.807) is 55.5 Å². The van der Waals surface area contributed by atoms with Crippen LogP contribution in [0.2, 0.25) is 0 Å². The molecule has 0 bridgehead atoms. The van der Waals surface area contributed by atoms with Crippen LogP contribution in [-0.4, -0.2) is 30.1 Å². The molecule has 3 rings (SSSR count). The molecular formula is C18H17F2NO2. The van der Waals surface area contributed by atoms with Crippen LogP contribution in [0.5, 0.6) is 0 Å². The zero-order chi connectivity index (χ0) is 16.4. The number of halogens is 2. The zero-order valence-electron chi connectivity index (χ0n) is 12.7. The number of benzene rings is 2. The van der Waals surface area contributed by atoms with Gasteiger partial charge in [-0.1, -0.05) is 60.7 Å². The first-order valence-electron chi connectivity index (χ1n) is 7.48. The molecule has 0 radical (unpaired) electrons. The number of alkyl halides is 2. The maximum atomic E-state index is 13.7. The van der Waals surface area contributed by atoms with Gasteiger partial charge in [0.1, 0.15) is 11.6 Å². The highest BCUT2D eigenvalue weighted by Crippen LogP contribution is 2.57. The second-order valence-electron chi connectivity index (χ2n) is 5.34. The third kappa shape index (κ3) is 2.41. The quantitative estimate of drug-likeness (QED) is 0.481. The Hall–Kier alpha value is -2.27. The number of ether oxygens (including phenoxy) is 1. The van der Waals surface area contributed by atoms with Gasteiger partial charge in [0.15, 0.2) is 0 Å². The number of esters is 1. The monoisotopic (exact) mass is 317 g/mol. The molecule has 0 spiro atoms. The van der Waals surface area contributed by atoms with Crippen molar-refractivity contribution in [2.45, 2.75) is 25.1 Å². The first-order chi connectivity index (χ1) is 11.1. The summed E-state index contributed by atoms with van der Waals surface area (Å²) in [5, 5.41) is 0. The van der Waals surface area contributed by atoms with Crippen molar-refractivity contribution < 1.29 is 18.3 Å². The molecule has 1 heterocycles. The molecule has 0 aromatic heterocycles. The Bertz CT molecular complexity index is 636. The fraction of sp³-hybridized carbons (Fsp3) is 0.278. The number of hydrogen-bond donors (Lipinski definition) is 0. The van der Waals surface area contributed by atoms with Crippen LogP contribution in [0.1, 0.15) is 18.1 Å². The van der Waals surface area contributed by atoms with Crippen molar-refractivity contribution in [3.63, 3.8) is 0 Å². The van der Waals surface area contributed by atoms with E-state index in [2.05, 4.69) is 0 Å². The number of nitrogens with zero attached hydrogens (tertiary/aromatic N) is 1. The highest BCUT2D eigenvalue weighted by atomic mass is 19.3. The summed E-state index contributed by atoms with van der Waals surface area (Å²) in [5.41, 5.74) is 0.136. The van der Waals surface area contributed by atoms with E-state index in [1.165, 1.54) is 0 Å². The molecule has 1 aliphatic rings. The summed E-state index contributed by atoms with van der Waals surface area (Å²) >= 11 is 0. The van der Waals surface area contributed by atoms with E-state index >= 15 is 0 Å². The van der Waals surface area contributed by atoms with Crippen LogP contribution in [0.3, 0.4) is 0 Å². The molecule has 0 N–H and O–H groups in total. The van der Waals surface area contributed by atoms with Crippen LogP contribution in [0.15, 0.2) is 60.7 Å². The average Bonchev–Trinajstić information content (AvgIpc) is 3.28. The van der Waals surface area contributed by atoms with Crippen molar-refractivity contribution in [1.82, 2.24) is 4.90 Å². The summed E-state index contributed by atoms with van der Waals surface area (Å²) in [7, 11) is 0. The Morgan fingerprint density at radius 1 is 1.09 bits per heavy atom. The molecule has 5 heteroatoms. The molecule has 120 valence electrons. The summed E-state index contributed by atoms with van der Waals surface area (Å²) in [5.74, 6) is -0.625. The number of carbonyl (C=O) groups excluding carboxylic acids is 1. The van der Waals surface area contributed by atoms with Gasteiger partial charge >= 0.3 is 5.97 Å². The minimum atomic E-state index is -2.76. The lowest BCUT2D eigenvalue weighted by Gasteiger charge is -2.18. The third-order valence-electron chi connectivity index (χ3n) is 4.16. The highest BCUT2D eigenvalue weighted by Gasteiger charge is 2.72. The fourth-order valence-corrected chi connectivity index (χ4v) is 3.25. The van der Waals surface area contributed by atoms with E-state index in [9.17, 15) is 13.6 Å². The van der Waals surface area contributed by atoms with Crippen molar-refractivity contribution >= 4 is 5.97 Å². The van der Waals surface area contributed by atoms with Crippen LogP contribution >= 0.6 is 0 Å². The Morgan fingerprint density at radius 3 is 1.96 bits per heavy atom. The van der Waals surface area contributed by atoms with E-state index in [4.69, 9.17) is 4.74 Å². The molecule has 0 saturated carbocycles. The van der Waals surface area contributed by atoms with E-state index in [1.807, 2.05) is 12.1 Å². The summed E-state index contributed by atoms with van der Waals surface area (Å²) in [6.45, 7) is -0.934. The van der Waals surface area contributed by atoms with Crippen LogP contribution < -0.4 is 0 Å². The topological polar surface area (TPSA) is 29.3 Å². The standard InChI is InChI=1S/C18H17F2NO2/c1-2-23-16(22)15-18(21(15)17(19)20,13-9-5-3-6-10-13)14-11-7-4-8-12-14/h3-12,15,17H,2H2,1H3. The zero-order valence-corrected chi connectivity index (χ0v) is 12.7. The van der Waals surface area contributed by atoms with E-state index < -0.39 is 24.1 Å². The van der Waals surface area contributed by atoms with Crippen molar-refractivity contribution in [3.05, 3.63) is 71.8 Å². The van der Waals surface area contributed by atoms with Crippen LogP contribution in [0, 0.1) is 0 Å². The van der Waals surface area contributed by atoms with Gasteiger partial charge in [0.2, 0.25) is 0 Å². The first kappa shape index (κ1) is 15.6. The Balaban J connectivity index is 2.15. The maximum Gasteiger partial charge on any atom is 0.326 e. The summed E-state index contributed by atoms with van der Waals surface area (Å²) in [6, 6.07) is 16.8. The van der Waals surface area contributed by atoms with Crippen molar-refractivity contribution in [2.24, 2.45) is 0 Å². The highest BCUT2D eigenvalue weighted by molar-refractivity contribution is 5.84. The van der Waals surface area contributed by atoms with Crippen LogP contribution in [-0.2, 0) is 15.1 Å². The predicted octanol–water partition coefficient (Wildman–Crippen LogP) is 3.40. The lowest BCUT2D eigenvalue weighted by Crippen LogP contribution is -2.23. The number of rotatable bonds is 5. The Labute approximate surface area is 133 Å². The van der Waals surface area contributed by atoms with Gasteiger partial charge in [-0.2, -0.15) is 8.78 Å². The Kier molecular flexibility index (Phi) is 4.13. The molecule has 2 atom stereocenters. The molecule has 1 fully saturated rings. The SMILES string of the molecule is CCOC(=O)C1N(C(F)F)C1(c1ccccc1)c1ccccc1. The lowest BCUT2D eigenvalue weighted by molar-refractivity contribution is -0.144. The largest absolute Gasteiger partial charge is 0.465 e. The number of carbonyl (C=O) groups is 1. The molecule has 2 aromatic rings. The second-order valence-corrected chi connectivity index (χ2v) is 5.34. The number of hydrogen-bond acceptors (Lipinski definition) is 3. The van der Waals surface area contributed by atoms with Crippen LogP contribution in [0.25, 0.3) is 0 Å². The third-order valence-corrected chi connectivity index (χ3v) is 4.16. The minimum absolute atomic E-state index is 0.159. The van der Waals surface area contributed by atoms with Gasteiger partial charge in [-0.25, -0.2) is 4.90 Å². The van der Waals surface area contributed by atoms with Gasteiger partial charge in [0, 0.05) is 0 Å². The first-order valence-corrected chi connectivity index (χ1v) is 7.48. The van der Waals surface area contributed by atoms with Gasteiger partial charge in [-0.3, -0.25) is 4.79 Å². The second kappa shape index (κ2) is 6.08. The lowest BCUT2D eigenvalue weighted by atomic mass is 9.87. The maximum absolute atomic E-state index is 13.7. The van der Waals surface area contributed by atoms with E-state index in [0.29, 0.717) is 11.1 Å². The minimum Gasteiger partial charge on any atom is -0.465 e. The molecule has 2 aromatic carbocycles. The molecule has 1 aliphatic heterocycles. The molecular weight excluding hydrogens is 300 g/mol. The van der Waals surface area contributed by atoms with Gasteiger partial charge in [0.05, 0.1) is 6.61 Å². The van der Waals surface area contributed by atoms with Gasteiger partial charge in [-0.05, 0) is 18.1 Å². The van der Waals surface area contributed by atoms with Crippen molar-refractivity contribution in [3.8, 4) is 0 Å².